The van der Waals surface area contributed by atoms with E-state index >= 15 is 0 Å². The molecule has 24 heavy (non-hydrogen) atoms. The molecule has 2 amide bonds. The quantitative estimate of drug-likeness (QED) is 0.449. The first kappa shape index (κ1) is 17.1. The Kier molecular flexibility index (Phi) is 4.73. The molecule has 0 radical (unpaired) electrons. The molecule has 0 spiro atoms. The number of fused-ring (bicyclic) bond motifs is 1. The van der Waals surface area contributed by atoms with Crippen LogP contribution < -0.4 is 4.46 Å². The summed E-state index contributed by atoms with van der Waals surface area (Å²) in [7, 11) is 0.698. The molecule has 0 aliphatic carbocycles. The fourth-order valence-electron chi connectivity index (χ4n) is 2.28. The summed E-state index contributed by atoms with van der Waals surface area (Å²) in [4.78, 5) is 25.2. The van der Waals surface area contributed by atoms with Gasteiger partial charge in [-0.15, -0.1) is 0 Å². The molecule has 3 nitrogen and oxygen atoms in total. The summed E-state index contributed by atoms with van der Waals surface area (Å²) in [6.45, 7) is 6.41. The molecule has 0 saturated carbocycles. The zero-order valence-electron chi connectivity index (χ0n) is 13.8. The van der Waals surface area contributed by atoms with Gasteiger partial charge < -0.3 is 0 Å². The van der Waals surface area contributed by atoms with Gasteiger partial charge in [0, 0.05) is 0 Å². The summed E-state index contributed by atoms with van der Waals surface area (Å²) in [5.74, 6) is -0.384. The van der Waals surface area contributed by atoms with Crippen molar-refractivity contribution in [3.05, 3.63) is 65.7 Å². The first-order chi connectivity index (χ1) is 11.4. The Balaban J connectivity index is 1.97. The van der Waals surface area contributed by atoms with Crippen LogP contribution in [0.1, 0.15) is 41.5 Å². The average molecular weight is 402 g/mol. The van der Waals surface area contributed by atoms with E-state index in [1.165, 1.54) is 13.3 Å². The molecule has 1 heterocycles. The number of carbonyl (C=O) groups is 2. The van der Waals surface area contributed by atoms with Crippen molar-refractivity contribution in [3.8, 4) is 0 Å². The van der Waals surface area contributed by atoms with Gasteiger partial charge >= 0.3 is 150 Å². The van der Waals surface area contributed by atoms with E-state index in [4.69, 9.17) is 0 Å². The van der Waals surface area contributed by atoms with E-state index in [2.05, 4.69) is 32.9 Å². The predicted octanol–water partition coefficient (Wildman–Crippen LogP) is 3.35. The minimum absolute atomic E-state index is 0.0767. The van der Waals surface area contributed by atoms with E-state index in [1.807, 2.05) is 18.2 Å². The molecule has 2 aromatic carbocycles. The summed E-state index contributed by atoms with van der Waals surface area (Å²) >= 11 is 0.0937. The molecule has 1 aliphatic heterocycles. The molecule has 0 atom stereocenters. The van der Waals surface area contributed by atoms with Crippen LogP contribution in [0.5, 0.6) is 0 Å². The molecule has 3 rings (SSSR count). The van der Waals surface area contributed by atoms with E-state index in [-0.39, 0.29) is 32.2 Å². The molecule has 0 saturated heterocycles. The molecule has 0 N–H and O–H groups in total. The van der Waals surface area contributed by atoms with Crippen molar-refractivity contribution in [2.75, 3.05) is 0 Å². The standard InChI is InChI=1S/C19H18NO2PSe/c1-19(2,3)18(24-13-9-5-4-6-10-13)23-20-16(21)14-11-7-8-12-15(14)17(20)22/h4-12H,1-3H3. The molecule has 0 unspecified atom stereocenters. The molecule has 0 fully saturated rings. The van der Waals surface area contributed by atoms with Crippen molar-refractivity contribution in [3.63, 3.8) is 0 Å². The Morgan fingerprint density at radius 1 is 0.875 bits per heavy atom. The van der Waals surface area contributed by atoms with Crippen LogP contribution in [0.3, 0.4) is 0 Å². The monoisotopic (exact) mass is 403 g/mol. The molecule has 1 aliphatic rings. The van der Waals surface area contributed by atoms with E-state index in [0.717, 1.165) is 0 Å². The van der Waals surface area contributed by atoms with Crippen LogP contribution in [0.4, 0.5) is 0 Å². The summed E-state index contributed by atoms with van der Waals surface area (Å²) in [6, 6.07) is 17.3. The first-order valence-corrected chi connectivity index (χ1v) is 10.2. The number of rotatable bonds is 3. The Labute approximate surface area is 150 Å². The van der Waals surface area contributed by atoms with Crippen molar-refractivity contribution in [1.29, 1.82) is 0 Å². The maximum atomic E-state index is 12.6. The third-order valence-electron chi connectivity index (χ3n) is 3.56. The van der Waals surface area contributed by atoms with Gasteiger partial charge in [0.1, 0.15) is 0 Å². The summed E-state index contributed by atoms with van der Waals surface area (Å²) in [6.07, 6.45) is 0. The molecular weight excluding hydrogens is 384 g/mol. The van der Waals surface area contributed by atoms with E-state index in [9.17, 15) is 9.59 Å². The van der Waals surface area contributed by atoms with Crippen molar-refractivity contribution in [2.24, 2.45) is 5.41 Å². The van der Waals surface area contributed by atoms with Gasteiger partial charge in [0.15, 0.2) is 0 Å². The van der Waals surface area contributed by atoms with Gasteiger partial charge in [0.05, 0.1) is 0 Å². The van der Waals surface area contributed by atoms with Crippen LogP contribution in [0, 0.1) is 5.41 Å². The third-order valence-corrected chi connectivity index (χ3v) is 8.72. The zero-order chi connectivity index (χ0) is 17.3. The predicted molar refractivity (Wildman–Crippen MR) is 100 cm³/mol. The molecule has 5 heteroatoms. The average Bonchev–Trinajstić information content (AvgIpc) is 2.80. The third kappa shape index (κ3) is 3.37. The summed E-state index contributed by atoms with van der Waals surface area (Å²) in [5.41, 5.74) is 0.943. The van der Waals surface area contributed by atoms with Crippen LogP contribution in [0.15, 0.2) is 54.6 Å². The Bertz CT molecular complexity index is 790. The second-order valence-corrected chi connectivity index (χ2v) is 10.5. The first-order valence-electron chi connectivity index (χ1n) is 7.68. The van der Waals surface area contributed by atoms with Gasteiger partial charge in [-0.1, -0.05) is 0 Å². The summed E-state index contributed by atoms with van der Waals surface area (Å²) in [5, 5.41) is 0. The number of amides is 2. The minimum atomic E-state index is -0.192. The van der Waals surface area contributed by atoms with Crippen LogP contribution >= 0.6 is 8.35 Å². The number of imide groups is 1. The van der Waals surface area contributed by atoms with Gasteiger partial charge in [-0.25, -0.2) is 0 Å². The number of hydrogen-bond acceptors (Lipinski definition) is 2. The fourth-order valence-corrected chi connectivity index (χ4v) is 6.25. The van der Waals surface area contributed by atoms with Gasteiger partial charge in [0.25, 0.3) is 0 Å². The number of hydrogen-bond donors (Lipinski definition) is 0. The Morgan fingerprint density at radius 3 is 1.88 bits per heavy atom. The van der Waals surface area contributed by atoms with Crippen LogP contribution in [0.25, 0.3) is 0 Å². The van der Waals surface area contributed by atoms with Crippen LogP contribution in [0.2, 0.25) is 0 Å². The summed E-state index contributed by atoms with van der Waals surface area (Å²) < 4.78 is 3.82. The van der Waals surface area contributed by atoms with Crippen molar-refractivity contribution < 1.29 is 9.59 Å². The van der Waals surface area contributed by atoms with Crippen LogP contribution in [-0.2, 0) is 0 Å². The second-order valence-electron chi connectivity index (χ2n) is 6.54. The molecule has 0 bridgehead atoms. The number of nitrogens with zero attached hydrogens (tertiary/aromatic N) is 1. The van der Waals surface area contributed by atoms with Crippen molar-refractivity contribution in [2.45, 2.75) is 20.8 Å². The molecule has 0 aromatic heterocycles. The normalized spacial score (nSPS) is 15.0. The number of benzene rings is 2. The van der Waals surface area contributed by atoms with Crippen molar-refractivity contribution >= 4 is 43.8 Å². The fraction of sp³-hybridized carbons (Fsp3) is 0.211. The maximum absolute atomic E-state index is 12.6. The van der Waals surface area contributed by atoms with Gasteiger partial charge in [-0.2, -0.15) is 0 Å². The number of carbonyl (C=O) groups excluding carboxylic acids is 2. The van der Waals surface area contributed by atoms with E-state index in [0.29, 0.717) is 19.5 Å². The van der Waals surface area contributed by atoms with Gasteiger partial charge in [-0.3, -0.25) is 0 Å². The van der Waals surface area contributed by atoms with Crippen LogP contribution in [-0.4, -0.2) is 35.6 Å². The van der Waals surface area contributed by atoms with E-state index in [1.54, 1.807) is 24.3 Å². The zero-order valence-corrected chi connectivity index (χ0v) is 16.4. The van der Waals surface area contributed by atoms with Gasteiger partial charge in [-0.05, 0) is 0 Å². The Hall–Kier alpha value is -1.73. The van der Waals surface area contributed by atoms with Gasteiger partial charge in [0.2, 0.25) is 0 Å². The molecular formula is C19H18NO2PSe. The molecule has 122 valence electrons. The molecule has 2 aromatic rings. The van der Waals surface area contributed by atoms with Crippen molar-refractivity contribution in [1.82, 2.24) is 4.67 Å². The SMILES string of the molecule is CC(C)(C)C(=PN1C(=O)c2ccccc2C1=O)[Se]c1ccccc1. The topological polar surface area (TPSA) is 37.4 Å². The Morgan fingerprint density at radius 2 is 1.38 bits per heavy atom. The second kappa shape index (κ2) is 6.64. The van der Waals surface area contributed by atoms with E-state index < -0.39 is 0 Å².